The highest BCUT2D eigenvalue weighted by molar-refractivity contribution is 7.18. The van der Waals surface area contributed by atoms with E-state index < -0.39 is 0 Å². The number of benzene rings is 1. The van der Waals surface area contributed by atoms with Crippen LogP contribution in [0.15, 0.2) is 24.3 Å². The van der Waals surface area contributed by atoms with E-state index in [4.69, 9.17) is 4.98 Å². The molecule has 1 saturated heterocycles. The van der Waals surface area contributed by atoms with E-state index in [2.05, 4.69) is 30.4 Å². The smallest absolute Gasteiger partial charge is 0.275 e. The van der Waals surface area contributed by atoms with Crippen molar-refractivity contribution < 1.29 is 9.69 Å². The minimum atomic E-state index is 0.182. The molecule has 5 heteroatoms. The zero-order chi connectivity index (χ0) is 15.4. The van der Waals surface area contributed by atoms with Crippen molar-refractivity contribution in [3.63, 3.8) is 0 Å². The number of carbonyl (C=O) groups excluding carboxylic acids is 1. The van der Waals surface area contributed by atoms with Crippen molar-refractivity contribution in [2.45, 2.75) is 32.1 Å². The van der Waals surface area contributed by atoms with Crippen LogP contribution < -0.4 is 10.2 Å². The summed E-state index contributed by atoms with van der Waals surface area (Å²) in [5.41, 5.74) is 1.11. The Morgan fingerprint density at radius 3 is 3.14 bits per heavy atom. The van der Waals surface area contributed by atoms with Crippen LogP contribution >= 0.6 is 11.3 Å². The average molecular weight is 318 g/mol. The number of para-hydroxylation sites is 1. The van der Waals surface area contributed by atoms with Crippen molar-refractivity contribution in [1.29, 1.82) is 0 Å². The average Bonchev–Trinajstić information content (AvgIpc) is 2.97. The van der Waals surface area contributed by atoms with Crippen molar-refractivity contribution in [3.8, 4) is 0 Å². The van der Waals surface area contributed by atoms with Crippen LogP contribution in [0.3, 0.4) is 0 Å². The van der Waals surface area contributed by atoms with E-state index in [1.54, 1.807) is 0 Å². The third-order valence-electron chi connectivity index (χ3n) is 4.26. The van der Waals surface area contributed by atoms with Gasteiger partial charge in [-0.2, -0.15) is 0 Å². The Bertz CT molecular complexity index is 607. The van der Waals surface area contributed by atoms with Crippen LogP contribution in [0.25, 0.3) is 10.2 Å². The predicted octanol–water partition coefficient (Wildman–Crippen LogP) is 1.58. The fourth-order valence-corrected chi connectivity index (χ4v) is 4.24. The number of fused-ring (bicyclic) bond motifs is 1. The lowest BCUT2D eigenvalue weighted by Gasteiger charge is -2.28. The Morgan fingerprint density at radius 2 is 2.32 bits per heavy atom. The van der Waals surface area contributed by atoms with Crippen molar-refractivity contribution in [1.82, 2.24) is 10.3 Å². The molecule has 2 heterocycles. The van der Waals surface area contributed by atoms with E-state index in [0.717, 1.165) is 31.6 Å². The molecule has 1 amide bonds. The summed E-state index contributed by atoms with van der Waals surface area (Å²) in [6.07, 6.45) is 3.37. The summed E-state index contributed by atoms with van der Waals surface area (Å²) in [4.78, 5) is 18.1. The molecule has 1 aliphatic rings. The molecule has 1 unspecified atom stereocenters. The number of thiazole rings is 1. The summed E-state index contributed by atoms with van der Waals surface area (Å²) in [6.45, 7) is 5.59. The number of carbonyl (C=O) groups is 1. The summed E-state index contributed by atoms with van der Waals surface area (Å²) >= 11 is 1.81. The van der Waals surface area contributed by atoms with Gasteiger partial charge in [0.2, 0.25) is 0 Å². The highest BCUT2D eigenvalue weighted by Crippen LogP contribution is 2.30. The summed E-state index contributed by atoms with van der Waals surface area (Å²) in [6, 6.07) is 8.34. The lowest BCUT2D eigenvalue weighted by Crippen LogP contribution is -3.14. The van der Waals surface area contributed by atoms with Gasteiger partial charge >= 0.3 is 0 Å². The molecule has 3 rings (SSSR count). The number of rotatable bonds is 5. The zero-order valence-corrected chi connectivity index (χ0v) is 13.9. The van der Waals surface area contributed by atoms with Crippen LogP contribution in [0.5, 0.6) is 0 Å². The summed E-state index contributed by atoms with van der Waals surface area (Å²) in [7, 11) is 0. The third-order valence-corrected chi connectivity index (χ3v) is 5.46. The minimum Gasteiger partial charge on any atom is -0.351 e. The first-order valence-electron chi connectivity index (χ1n) is 8.22. The predicted molar refractivity (Wildman–Crippen MR) is 90.5 cm³/mol. The molecule has 1 aliphatic heterocycles. The maximum absolute atomic E-state index is 11.9. The zero-order valence-electron chi connectivity index (χ0n) is 13.1. The largest absolute Gasteiger partial charge is 0.351 e. The van der Waals surface area contributed by atoms with Crippen molar-refractivity contribution in [3.05, 3.63) is 29.3 Å². The molecule has 0 radical (unpaired) electrons. The van der Waals surface area contributed by atoms with E-state index in [0.29, 0.717) is 12.5 Å². The van der Waals surface area contributed by atoms with E-state index in [-0.39, 0.29) is 5.91 Å². The molecule has 4 nitrogen and oxygen atoms in total. The number of likely N-dealkylation sites (tertiary alicyclic amines) is 1. The molecule has 1 aromatic carbocycles. The van der Waals surface area contributed by atoms with Crippen LogP contribution in [0.4, 0.5) is 0 Å². The van der Waals surface area contributed by atoms with Crippen LogP contribution in [0.1, 0.15) is 37.1 Å². The molecule has 1 aromatic heterocycles. The molecule has 2 N–H and O–H groups in total. The van der Waals surface area contributed by atoms with E-state index in [1.165, 1.54) is 27.4 Å². The number of hydrogen-bond donors (Lipinski definition) is 2. The lowest BCUT2D eigenvalue weighted by molar-refractivity contribution is -0.898. The quantitative estimate of drug-likeness (QED) is 0.879. The molecule has 1 fully saturated rings. The maximum atomic E-state index is 11.9. The first-order chi connectivity index (χ1) is 10.8. The molecule has 0 saturated carbocycles. The second-order valence-corrected chi connectivity index (χ2v) is 7.15. The van der Waals surface area contributed by atoms with E-state index in [1.807, 2.05) is 17.4 Å². The number of hydrogen-bond acceptors (Lipinski definition) is 3. The Morgan fingerprint density at radius 1 is 1.45 bits per heavy atom. The first-order valence-corrected chi connectivity index (χ1v) is 9.03. The molecular weight excluding hydrogens is 294 g/mol. The van der Waals surface area contributed by atoms with Gasteiger partial charge in [0.25, 0.3) is 5.91 Å². The van der Waals surface area contributed by atoms with Gasteiger partial charge in [-0.25, -0.2) is 4.98 Å². The van der Waals surface area contributed by atoms with Crippen molar-refractivity contribution >= 4 is 27.5 Å². The Balaban J connectivity index is 1.63. The lowest BCUT2D eigenvalue weighted by atomic mass is 9.99. The molecule has 0 aliphatic carbocycles. The van der Waals surface area contributed by atoms with Gasteiger partial charge in [-0.1, -0.05) is 19.1 Å². The molecule has 2 atom stereocenters. The van der Waals surface area contributed by atoms with Gasteiger partial charge in [-0.15, -0.1) is 11.3 Å². The molecule has 2 aromatic rings. The second kappa shape index (κ2) is 7.20. The minimum absolute atomic E-state index is 0.182. The highest BCUT2D eigenvalue weighted by Gasteiger charge is 2.28. The van der Waals surface area contributed by atoms with Crippen molar-refractivity contribution in [2.24, 2.45) is 0 Å². The number of nitrogens with zero attached hydrogens (tertiary/aromatic N) is 1. The summed E-state index contributed by atoms with van der Waals surface area (Å²) < 4.78 is 1.27. The SMILES string of the molecule is CCCNC(=O)C[NH+]1CCC[C@@H](c2nc3ccccc3s2)C1. The summed E-state index contributed by atoms with van der Waals surface area (Å²) in [5, 5.41) is 4.23. The monoisotopic (exact) mass is 318 g/mol. The Hall–Kier alpha value is -1.46. The van der Waals surface area contributed by atoms with Crippen LogP contribution in [-0.4, -0.2) is 37.1 Å². The number of quaternary nitrogens is 1. The Kier molecular flexibility index (Phi) is 5.05. The number of piperidine rings is 1. The van der Waals surface area contributed by atoms with Crippen LogP contribution in [0, 0.1) is 0 Å². The van der Waals surface area contributed by atoms with Gasteiger partial charge < -0.3 is 10.2 Å². The Labute approximate surface area is 135 Å². The van der Waals surface area contributed by atoms with Gasteiger partial charge in [0.15, 0.2) is 6.54 Å². The standard InChI is InChI=1S/C17H23N3OS/c1-2-9-18-16(21)12-20-10-5-6-13(11-20)17-19-14-7-3-4-8-15(14)22-17/h3-4,7-8,13H,2,5-6,9-12H2,1H3,(H,18,21)/p+1/t13-/m1/s1. The van der Waals surface area contributed by atoms with E-state index >= 15 is 0 Å². The molecule has 22 heavy (non-hydrogen) atoms. The topological polar surface area (TPSA) is 46.4 Å². The van der Waals surface area contributed by atoms with Gasteiger partial charge in [0.1, 0.15) is 5.01 Å². The number of amides is 1. The van der Waals surface area contributed by atoms with Crippen molar-refractivity contribution in [2.75, 3.05) is 26.2 Å². The van der Waals surface area contributed by atoms with Gasteiger partial charge in [-0.3, -0.25) is 4.79 Å². The molecule has 0 spiro atoms. The van der Waals surface area contributed by atoms with Crippen LogP contribution in [0.2, 0.25) is 0 Å². The van der Waals surface area contributed by atoms with Gasteiger partial charge in [0, 0.05) is 6.54 Å². The van der Waals surface area contributed by atoms with Gasteiger partial charge in [-0.05, 0) is 31.4 Å². The first kappa shape index (κ1) is 15.4. The molecule has 118 valence electrons. The second-order valence-electron chi connectivity index (χ2n) is 6.09. The van der Waals surface area contributed by atoms with E-state index in [9.17, 15) is 4.79 Å². The molecular formula is C17H24N3OS+. The highest BCUT2D eigenvalue weighted by atomic mass is 32.1. The maximum Gasteiger partial charge on any atom is 0.275 e. The summed E-state index contributed by atoms with van der Waals surface area (Å²) in [5.74, 6) is 0.682. The molecule has 0 bridgehead atoms. The van der Waals surface area contributed by atoms with Crippen LogP contribution in [-0.2, 0) is 4.79 Å². The fourth-order valence-electron chi connectivity index (χ4n) is 3.14. The van der Waals surface area contributed by atoms with Gasteiger partial charge in [0.05, 0.1) is 29.2 Å². The fraction of sp³-hybridized carbons (Fsp3) is 0.529. The normalized spacial score (nSPS) is 21.9. The number of aromatic nitrogens is 1. The number of nitrogens with one attached hydrogen (secondary N) is 2. The third kappa shape index (κ3) is 3.65.